The van der Waals surface area contributed by atoms with Crippen LogP contribution < -0.4 is 0 Å². The first-order valence-electron chi connectivity index (χ1n) is 3.03. The van der Waals surface area contributed by atoms with Crippen molar-refractivity contribution in [1.29, 1.82) is 0 Å². The fraction of sp³-hybridized carbons (Fsp3) is 0.667. The third-order valence-electron chi connectivity index (χ3n) is 1.60. The zero-order chi connectivity index (χ0) is 6.32. The van der Waals surface area contributed by atoms with E-state index in [9.17, 15) is 0 Å². The number of rotatable bonds is 0. The summed E-state index contributed by atoms with van der Waals surface area (Å²) in [5.41, 5.74) is 0. The van der Waals surface area contributed by atoms with Crippen LogP contribution in [0.15, 0.2) is 12.2 Å². The van der Waals surface area contributed by atoms with Crippen LogP contribution in [0, 0.1) is 0 Å². The number of allylic oxidation sites excluding steroid dienone is 1. The predicted octanol–water partition coefficient (Wildman–Crippen LogP) is 1.29. The van der Waals surface area contributed by atoms with Gasteiger partial charge >= 0.3 is 0 Å². The minimum atomic E-state index is -0.356. The van der Waals surface area contributed by atoms with Gasteiger partial charge in [0.15, 0.2) is 0 Å². The molecule has 1 heterocycles. The van der Waals surface area contributed by atoms with Gasteiger partial charge < -0.3 is 0 Å². The zero-order valence-corrected chi connectivity index (χ0v) is 5.80. The van der Waals surface area contributed by atoms with Crippen LogP contribution in [0.25, 0.3) is 0 Å². The molecule has 2 rings (SSSR count). The quantitative estimate of drug-likeness (QED) is 0.240. The maximum Gasteiger partial charge on any atom is 0.253 e. The molecule has 2 nitrogen and oxygen atoms in total. The molecule has 0 saturated carbocycles. The smallest absolute Gasteiger partial charge is 0.190 e. The molecule has 9 heavy (non-hydrogen) atoms. The summed E-state index contributed by atoms with van der Waals surface area (Å²) >= 11 is 4.30. The minimum absolute atomic E-state index is 0.356. The van der Waals surface area contributed by atoms with E-state index in [1.807, 2.05) is 12.2 Å². The van der Waals surface area contributed by atoms with E-state index in [0.717, 1.165) is 12.8 Å². The highest BCUT2D eigenvalue weighted by Gasteiger charge is 2.48. The van der Waals surface area contributed by atoms with Gasteiger partial charge in [-0.15, -0.1) is 0 Å². The van der Waals surface area contributed by atoms with Crippen LogP contribution in [0.2, 0.25) is 0 Å². The standard InChI is InChI=1S/C6H8O2S/c9-5-2-1-3-6(4-5)7-8-6/h1,3,5,9H,2,4H2. The number of thiol groups is 1. The van der Waals surface area contributed by atoms with Crippen molar-refractivity contribution in [3.8, 4) is 0 Å². The third kappa shape index (κ3) is 1.000. The van der Waals surface area contributed by atoms with Crippen LogP contribution in [0.3, 0.4) is 0 Å². The summed E-state index contributed by atoms with van der Waals surface area (Å²) in [5, 5.41) is 0.400. The second kappa shape index (κ2) is 1.75. The molecule has 2 aliphatic rings. The molecule has 0 aromatic carbocycles. The summed E-state index contributed by atoms with van der Waals surface area (Å²) in [7, 11) is 0. The molecule has 1 atom stereocenters. The molecule has 1 fully saturated rings. The van der Waals surface area contributed by atoms with Crippen LogP contribution in [0.5, 0.6) is 0 Å². The molecule has 1 unspecified atom stereocenters. The highest BCUT2D eigenvalue weighted by molar-refractivity contribution is 7.80. The lowest BCUT2D eigenvalue weighted by Gasteiger charge is -2.12. The monoisotopic (exact) mass is 144 g/mol. The Morgan fingerprint density at radius 1 is 1.56 bits per heavy atom. The average Bonchev–Trinajstić information content (AvgIpc) is 2.49. The molecule has 0 amide bonds. The lowest BCUT2D eigenvalue weighted by Crippen LogP contribution is -2.17. The molecule has 1 spiro atoms. The van der Waals surface area contributed by atoms with Gasteiger partial charge in [-0.25, -0.2) is 0 Å². The van der Waals surface area contributed by atoms with Gasteiger partial charge in [-0.1, -0.05) is 6.08 Å². The summed E-state index contributed by atoms with van der Waals surface area (Å²) in [6, 6.07) is 0. The van der Waals surface area contributed by atoms with E-state index < -0.39 is 0 Å². The number of hydrogen-bond acceptors (Lipinski definition) is 3. The topological polar surface area (TPSA) is 25.1 Å². The molecule has 3 heteroatoms. The average molecular weight is 144 g/mol. The predicted molar refractivity (Wildman–Crippen MR) is 36.0 cm³/mol. The Labute approximate surface area is 59.2 Å². The van der Waals surface area contributed by atoms with E-state index in [0.29, 0.717) is 5.25 Å². The van der Waals surface area contributed by atoms with Crippen LogP contribution in [-0.2, 0) is 9.78 Å². The molecule has 50 valence electrons. The normalized spacial score (nSPS) is 37.2. The molecule has 0 aromatic heterocycles. The molecular formula is C6H8O2S. The first-order chi connectivity index (χ1) is 4.31. The highest BCUT2D eigenvalue weighted by atomic mass is 32.1. The van der Waals surface area contributed by atoms with E-state index in [2.05, 4.69) is 12.6 Å². The first kappa shape index (κ1) is 5.77. The molecule has 0 N–H and O–H groups in total. The van der Waals surface area contributed by atoms with Gasteiger partial charge in [-0.2, -0.15) is 22.4 Å². The molecule has 1 saturated heterocycles. The van der Waals surface area contributed by atoms with Crippen LogP contribution in [0.4, 0.5) is 0 Å². The lowest BCUT2D eigenvalue weighted by atomic mass is 10.0. The summed E-state index contributed by atoms with van der Waals surface area (Å²) in [5.74, 6) is -0.356. The highest BCUT2D eigenvalue weighted by Crippen LogP contribution is 2.40. The first-order valence-corrected chi connectivity index (χ1v) is 3.55. The van der Waals surface area contributed by atoms with Crippen LogP contribution >= 0.6 is 12.6 Å². The van der Waals surface area contributed by atoms with Crippen molar-refractivity contribution in [2.24, 2.45) is 0 Å². The van der Waals surface area contributed by atoms with Gasteiger partial charge in [0.05, 0.1) is 0 Å². The Hall–Kier alpha value is 0.01000. The van der Waals surface area contributed by atoms with Crippen molar-refractivity contribution in [1.82, 2.24) is 0 Å². The van der Waals surface area contributed by atoms with Crippen molar-refractivity contribution < 1.29 is 9.78 Å². The molecule has 0 bridgehead atoms. The van der Waals surface area contributed by atoms with Crippen LogP contribution in [0.1, 0.15) is 12.8 Å². The molecule has 1 aliphatic carbocycles. The minimum Gasteiger partial charge on any atom is -0.190 e. The Balaban J connectivity index is 2.11. The Morgan fingerprint density at radius 3 is 2.78 bits per heavy atom. The van der Waals surface area contributed by atoms with Crippen LogP contribution in [-0.4, -0.2) is 11.0 Å². The van der Waals surface area contributed by atoms with Crippen molar-refractivity contribution in [2.75, 3.05) is 0 Å². The van der Waals surface area contributed by atoms with Gasteiger partial charge in [0, 0.05) is 11.7 Å². The summed E-state index contributed by atoms with van der Waals surface area (Å²) in [6.07, 6.45) is 5.91. The van der Waals surface area contributed by atoms with Crippen molar-refractivity contribution in [3.05, 3.63) is 12.2 Å². The largest absolute Gasteiger partial charge is 0.253 e. The summed E-state index contributed by atoms with van der Waals surface area (Å²) in [4.78, 5) is 9.54. The fourth-order valence-corrected chi connectivity index (χ4v) is 1.44. The van der Waals surface area contributed by atoms with E-state index in [1.54, 1.807) is 0 Å². The second-order valence-corrected chi connectivity index (χ2v) is 3.20. The molecule has 0 radical (unpaired) electrons. The van der Waals surface area contributed by atoms with Gasteiger partial charge in [-0.3, -0.25) is 0 Å². The van der Waals surface area contributed by atoms with Crippen molar-refractivity contribution in [2.45, 2.75) is 23.9 Å². The summed E-state index contributed by atoms with van der Waals surface area (Å²) < 4.78 is 0. The maximum atomic E-state index is 4.77. The van der Waals surface area contributed by atoms with E-state index in [-0.39, 0.29) is 5.79 Å². The second-order valence-electron chi connectivity index (χ2n) is 2.47. The zero-order valence-electron chi connectivity index (χ0n) is 4.91. The third-order valence-corrected chi connectivity index (χ3v) is 1.99. The Bertz CT molecular complexity index is 151. The molecule has 1 aliphatic heterocycles. The van der Waals surface area contributed by atoms with E-state index in [1.165, 1.54) is 0 Å². The van der Waals surface area contributed by atoms with Crippen molar-refractivity contribution >= 4 is 12.6 Å². The van der Waals surface area contributed by atoms with Crippen molar-refractivity contribution in [3.63, 3.8) is 0 Å². The van der Waals surface area contributed by atoms with Gasteiger partial charge in [0.25, 0.3) is 5.79 Å². The fourth-order valence-electron chi connectivity index (χ4n) is 1.06. The van der Waals surface area contributed by atoms with Gasteiger partial charge in [0.1, 0.15) is 0 Å². The van der Waals surface area contributed by atoms with E-state index in [4.69, 9.17) is 9.78 Å². The Morgan fingerprint density at radius 2 is 2.33 bits per heavy atom. The molecule has 0 aromatic rings. The lowest BCUT2D eigenvalue weighted by molar-refractivity contribution is 0.0850. The molecular weight excluding hydrogens is 136 g/mol. The van der Waals surface area contributed by atoms with E-state index >= 15 is 0 Å². The maximum absolute atomic E-state index is 4.77. The SMILES string of the molecule is SC1CC=CC2(C1)OO2. The number of hydrogen-bond donors (Lipinski definition) is 1. The Kier molecular flexibility index (Phi) is 1.12. The summed E-state index contributed by atoms with van der Waals surface area (Å²) in [6.45, 7) is 0. The van der Waals surface area contributed by atoms with Gasteiger partial charge in [-0.05, 0) is 12.5 Å². The van der Waals surface area contributed by atoms with Gasteiger partial charge in [0.2, 0.25) is 0 Å².